The zero-order valence-electron chi connectivity index (χ0n) is 19.7. The molecule has 1 saturated heterocycles. The molecule has 1 unspecified atom stereocenters. The van der Waals surface area contributed by atoms with Crippen molar-refractivity contribution in [2.75, 3.05) is 18.1 Å². The van der Waals surface area contributed by atoms with E-state index in [0.29, 0.717) is 30.3 Å². The lowest BCUT2D eigenvalue weighted by atomic mass is 9.92. The van der Waals surface area contributed by atoms with Gasteiger partial charge in [-0.2, -0.15) is 0 Å². The van der Waals surface area contributed by atoms with Crippen molar-refractivity contribution in [3.05, 3.63) is 94.8 Å². The molecule has 1 amide bonds. The number of carbonyl (C=O) groups excluding carboxylic acids is 2. The van der Waals surface area contributed by atoms with Gasteiger partial charge in [0, 0.05) is 11.8 Å². The summed E-state index contributed by atoms with van der Waals surface area (Å²) < 4.78 is 25.4. The molecular weight excluding hydrogens is 449 g/mol. The van der Waals surface area contributed by atoms with Gasteiger partial charge < -0.3 is 14.6 Å². The van der Waals surface area contributed by atoms with Crippen molar-refractivity contribution in [3.63, 3.8) is 0 Å². The quantitative estimate of drug-likeness (QED) is 0.275. The van der Waals surface area contributed by atoms with Crippen LogP contribution in [0.4, 0.5) is 10.1 Å². The van der Waals surface area contributed by atoms with Gasteiger partial charge in [-0.1, -0.05) is 30.3 Å². The van der Waals surface area contributed by atoms with Crippen molar-refractivity contribution in [2.45, 2.75) is 26.8 Å². The van der Waals surface area contributed by atoms with Gasteiger partial charge in [-0.15, -0.1) is 0 Å². The number of rotatable bonds is 7. The minimum absolute atomic E-state index is 0.0984. The van der Waals surface area contributed by atoms with Crippen LogP contribution >= 0.6 is 0 Å². The molecule has 0 radical (unpaired) electrons. The Hall–Kier alpha value is -4.13. The van der Waals surface area contributed by atoms with Gasteiger partial charge in [0.15, 0.2) is 0 Å². The molecule has 1 fully saturated rings. The maximum absolute atomic E-state index is 14.1. The Balaban J connectivity index is 1.97. The minimum Gasteiger partial charge on any atom is -0.507 e. The molecule has 1 N–H and O–H groups in total. The number of aryl methyl sites for hydroxylation is 1. The van der Waals surface area contributed by atoms with Gasteiger partial charge in [-0.25, -0.2) is 4.39 Å². The lowest BCUT2D eigenvalue weighted by Gasteiger charge is -2.26. The lowest BCUT2D eigenvalue weighted by molar-refractivity contribution is -0.132. The molecule has 0 saturated carbocycles. The fourth-order valence-corrected chi connectivity index (χ4v) is 4.29. The van der Waals surface area contributed by atoms with Crippen LogP contribution in [-0.2, 0) is 9.59 Å². The molecule has 7 heteroatoms. The van der Waals surface area contributed by atoms with E-state index in [1.807, 2.05) is 26.0 Å². The van der Waals surface area contributed by atoms with Gasteiger partial charge in [0.1, 0.15) is 23.1 Å². The molecule has 1 aliphatic rings. The van der Waals surface area contributed by atoms with Crippen LogP contribution in [0.25, 0.3) is 5.76 Å². The second kappa shape index (κ2) is 10.0. The molecule has 0 aliphatic carbocycles. The summed E-state index contributed by atoms with van der Waals surface area (Å²) in [5, 5.41) is 11.5. The molecule has 1 aliphatic heterocycles. The topological polar surface area (TPSA) is 76.1 Å². The molecular formula is C28H26FNO5. The van der Waals surface area contributed by atoms with Gasteiger partial charge in [-0.05, 0) is 62.2 Å². The summed E-state index contributed by atoms with van der Waals surface area (Å²) in [7, 11) is 0. The Morgan fingerprint density at radius 2 is 1.71 bits per heavy atom. The second-order valence-corrected chi connectivity index (χ2v) is 8.03. The van der Waals surface area contributed by atoms with Crippen LogP contribution in [0.1, 0.15) is 36.6 Å². The number of ketones is 1. The third kappa shape index (κ3) is 4.49. The van der Waals surface area contributed by atoms with E-state index in [1.165, 1.54) is 23.1 Å². The fourth-order valence-electron chi connectivity index (χ4n) is 4.29. The number of amides is 1. The molecule has 35 heavy (non-hydrogen) atoms. The van der Waals surface area contributed by atoms with Gasteiger partial charge >= 0.3 is 0 Å². The molecule has 180 valence electrons. The van der Waals surface area contributed by atoms with Crippen molar-refractivity contribution in [1.29, 1.82) is 0 Å². The number of ether oxygens (including phenoxy) is 2. The predicted molar refractivity (Wildman–Crippen MR) is 131 cm³/mol. The maximum Gasteiger partial charge on any atom is 0.300 e. The number of anilines is 1. The largest absolute Gasteiger partial charge is 0.507 e. The number of nitrogens with zero attached hydrogens (tertiary/aromatic N) is 1. The third-order valence-corrected chi connectivity index (χ3v) is 5.83. The van der Waals surface area contributed by atoms with E-state index in [2.05, 4.69) is 0 Å². The summed E-state index contributed by atoms with van der Waals surface area (Å²) in [4.78, 5) is 27.9. The van der Waals surface area contributed by atoms with Crippen molar-refractivity contribution in [3.8, 4) is 11.5 Å². The summed E-state index contributed by atoms with van der Waals surface area (Å²) in [6.45, 7) is 6.26. The molecule has 6 nitrogen and oxygen atoms in total. The second-order valence-electron chi connectivity index (χ2n) is 8.03. The zero-order chi connectivity index (χ0) is 25.1. The third-order valence-electron chi connectivity index (χ3n) is 5.83. The van der Waals surface area contributed by atoms with Crippen LogP contribution < -0.4 is 14.4 Å². The summed E-state index contributed by atoms with van der Waals surface area (Å²) in [5.41, 5.74) is 1.82. The van der Waals surface area contributed by atoms with Gasteiger partial charge in [0.2, 0.25) is 0 Å². The van der Waals surface area contributed by atoms with Crippen LogP contribution in [0, 0.1) is 12.7 Å². The first-order valence-electron chi connectivity index (χ1n) is 11.4. The van der Waals surface area contributed by atoms with Crippen LogP contribution in [0.15, 0.2) is 72.3 Å². The van der Waals surface area contributed by atoms with Crippen molar-refractivity contribution in [1.82, 2.24) is 0 Å². The van der Waals surface area contributed by atoms with E-state index in [1.54, 1.807) is 43.3 Å². The van der Waals surface area contributed by atoms with Crippen molar-refractivity contribution >= 4 is 23.1 Å². The van der Waals surface area contributed by atoms with Crippen molar-refractivity contribution < 1.29 is 28.6 Å². The number of carbonyl (C=O) groups is 2. The molecule has 4 rings (SSSR count). The monoisotopic (exact) mass is 475 g/mol. The summed E-state index contributed by atoms with van der Waals surface area (Å²) in [5.74, 6) is -1.77. The van der Waals surface area contributed by atoms with E-state index in [4.69, 9.17) is 9.47 Å². The average molecular weight is 476 g/mol. The molecule has 0 spiro atoms. The standard InChI is InChI=1S/C28H26FNO5/c1-4-34-20-13-14-22(23(16-20)35-5-2)26(31)24-25(21-12-7-6-9-17(21)3)30(28(33)27(24)32)19-11-8-10-18(29)15-19/h6-16,25,31H,4-5H2,1-3H3/b26-24+. The minimum atomic E-state index is -0.959. The van der Waals surface area contributed by atoms with Gasteiger partial charge in [0.25, 0.3) is 11.7 Å². The molecule has 0 bridgehead atoms. The number of hydrogen-bond donors (Lipinski definition) is 1. The number of aliphatic hydroxyl groups excluding tert-OH is 1. The number of Topliss-reactive ketones (excluding diaryl/α,β-unsaturated/α-hetero) is 1. The first-order chi connectivity index (χ1) is 16.9. The molecule has 1 atom stereocenters. The highest BCUT2D eigenvalue weighted by atomic mass is 19.1. The van der Waals surface area contributed by atoms with Gasteiger partial charge in [-0.3, -0.25) is 14.5 Å². The normalized spacial score (nSPS) is 17.0. The number of aliphatic hydroxyl groups is 1. The highest BCUT2D eigenvalue weighted by molar-refractivity contribution is 6.51. The highest BCUT2D eigenvalue weighted by Crippen LogP contribution is 2.44. The summed E-state index contributed by atoms with van der Waals surface area (Å²) in [6, 6.07) is 16.7. The van der Waals surface area contributed by atoms with E-state index in [0.717, 1.165) is 5.56 Å². The number of hydrogen-bond acceptors (Lipinski definition) is 5. The first kappa shape index (κ1) is 24.0. The lowest BCUT2D eigenvalue weighted by Crippen LogP contribution is -2.29. The van der Waals surface area contributed by atoms with Crippen LogP contribution in [-0.4, -0.2) is 30.0 Å². The van der Waals surface area contributed by atoms with E-state index in [-0.39, 0.29) is 22.6 Å². The van der Waals surface area contributed by atoms with E-state index in [9.17, 15) is 19.1 Å². The van der Waals surface area contributed by atoms with Crippen LogP contribution in [0.2, 0.25) is 0 Å². The van der Waals surface area contributed by atoms with Gasteiger partial charge in [0.05, 0.1) is 30.4 Å². The Labute approximate surface area is 203 Å². The van der Waals surface area contributed by atoms with E-state index < -0.39 is 23.5 Å². The predicted octanol–water partition coefficient (Wildman–Crippen LogP) is 5.56. The highest BCUT2D eigenvalue weighted by Gasteiger charge is 2.47. The van der Waals surface area contributed by atoms with E-state index >= 15 is 0 Å². The average Bonchev–Trinajstić information content (AvgIpc) is 3.10. The van der Waals surface area contributed by atoms with Crippen LogP contribution in [0.5, 0.6) is 11.5 Å². The molecule has 0 aromatic heterocycles. The molecule has 3 aromatic rings. The molecule has 1 heterocycles. The first-order valence-corrected chi connectivity index (χ1v) is 11.4. The number of benzene rings is 3. The summed E-state index contributed by atoms with van der Waals surface area (Å²) >= 11 is 0. The molecule has 3 aromatic carbocycles. The Kier molecular flexibility index (Phi) is 6.87. The smallest absolute Gasteiger partial charge is 0.300 e. The maximum atomic E-state index is 14.1. The van der Waals surface area contributed by atoms with Crippen LogP contribution in [0.3, 0.4) is 0 Å². The Morgan fingerprint density at radius 1 is 0.971 bits per heavy atom. The zero-order valence-corrected chi connectivity index (χ0v) is 19.7. The van der Waals surface area contributed by atoms with Crippen molar-refractivity contribution in [2.24, 2.45) is 0 Å². The fraction of sp³-hybridized carbons (Fsp3) is 0.214. The Morgan fingerprint density at radius 3 is 2.40 bits per heavy atom. The number of halogens is 1. The SMILES string of the molecule is CCOc1ccc(/C(O)=C2\C(=O)C(=O)N(c3cccc(F)c3)C2c2ccccc2C)c(OCC)c1. The Bertz CT molecular complexity index is 1320. The summed E-state index contributed by atoms with van der Waals surface area (Å²) in [6.07, 6.45) is 0.